The summed E-state index contributed by atoms with van der Waals surface area (Å²) in [5.74, 6) is 1.15. The van der Waals surface area contributed by atoms with E-state index in [9.17, 15) is 0 Å². The van der Waals surface area contributed by atoms with Gasteiger partial charge in [-0.3, -0.25) is 5.10 Å². The molecular formula is C17H27N5. The summed E-state index contributed by atoms with van der Waals surface area (Å²) < 4.78 is 2.24. The van der Waals surface area contributed by atoms with Crippen molar-refractivity contribution in [1.29, 1.82) is 0 Å². The van der Waals surface area contributed by atoms with Gasteiger partial charge in [0.25, 0.3) is 0 Å². The van der Waals surface area contributed by atoms with Crippen LogP contribution in [0.5, 0.6) is 0 Å². The maximum atomic E-state index is 4.54. The monoisotopic (exact) mass is 301 g/mol. The Hall–Kier alpha value is -1.62. The zero-order valence-electron chi connectivity index (χ0n) is 13.7. The third kappa shape index (κ3) is 3.40. The zero-order chi connectivity index (χ0) is 15.4. The molecule has 1 aliphatic rings. The molecule has 1 aliphatic carbocycles. The highest BCUT2D eigenvalue weighted by Crippen LogP contribution is 2.21. The van der Waals surface area contributed by atoms with Gasteiger partial charge in [-0.05, 0) is 38.2 Å². The number of hydrogen-bond acceptors (Lipinski definition) is 3. The fourth-order valence-electron chi connectivity index (χ4n) is 3.32. The van der Waals surface area contributed by atoms with E-state index < -0.39 is 0 Å². The molecule has 0 saturated heterocycles. The molecule has 0 fully saturated rings. The number of aryl methyl sites for hydroxylation is 2. The summed E-state index contributed by atoms with van der Waals surface area (Å²) in [6.07, 6.45) is 11.2. The molecule has 0 aromatic carbocycles. The lowest BCUT2D eigenvalue weighted by Gasteiger charge is -2.15. The number of imidazole rings is 1. The second kappa shape index (κ2) is 7.09. The van der Waals surface area contributed by atoms with Gasteiger partial charge in [0, 0.05) is 43.6 Å². The first-order valence-electron chi connectivity index (χ1n) is 8.56. The Morgan fingerprint density at radius 1 is 1.32 bits per heavy atom. The molecule has 120 valence electrons. The number of fused-ring (bicyclic) bond motifs is 1. The van der Waals surface area contributed by atoms with Crippen molar-refractivity contribution in [3.05, 3.63) is 35.2 Å². The predicted molar refractivity (Wildman–Crippen MR) is 87.8 cm³/mol. The van der Waals surface area contributed by atoms with Crippen molar-refractivity contribution in [2.45, 2.75) is 71.5 Å². The molecule has 5 heteroatoms. The summed E-state index contributed by atoms with van der Waals surface area (Å²) in [5, 5.41) is 11.4. The Labute approximate surface area is 132 Å². The molecule has 2 heterocycles. The van der Waals surface area contributed by atoms with Crippen molar-refractivity contribution in [3.8, 4) is 0 Å². The summed E-state index contributed by atoms with van der Waals surface area (Å²) in [4.78, 5) is 4.38. The highest BCUT2D eigenvalue weighted by molar-refractivity contribution is 5.26. The Morgan fingerprint density at radius 2 is 2.18 bits per heavy atom. The van der Waals surface area contributed by atoms with E-state index in [4.69, 9.17) is 0 Å². The summed E-state index contributed by atoms with van der Waals surface area (Å²) >= 11 is 0. The quantitative estimate of drug-likeness (QED) is 0.806. The number of aromatic amines is 1. The van der Waals surface area contributed by atoms with Crippen LogP contribution in [0.3, 0.4) is 0 Å². The second-order valence-electron chi connectivity index (χ2n) is 6.32. The zero-order valence-corrected chi connectivity index (χ0v) is 13.7. The van der Waals surface area contributed by atoms with Gasteiger partial charge in [0.1, 0.15) is 5.82 Å². The highest BCUT2D eigenvalue weighted by Gasteiger charge is 2.16. The van der Waals surface area contributed by atoms with E-state index in [0.717, 1.165) is 31.8 Å². The lowest BCUT2D eigenvalue weighted by atomic mass is 10.1. The maximum Gasteiger partial charge on any atom is 0.108 e. The lowest BCUT2D eigenvalue weighted by Crippen LogP contribution is -2.30. The number of nitrogens with one attached hydrogen (secondary N) is 2. The van der Waals surface area contributed by atoms with Crippen molar-refractivity contribution in [2.24, 2.45) is 0 Å². The topological polar surface area (TPSA) is 58.5 Å². The molecule has 0 spiro atoms. The van der Waals surface area contributed by atoms with Crippen LogP contribution in [-0.2, 0) is 32.4 Å². The van der Waals surface area contributed by atoms with E-state index in [2.05, 4.69) is 45.1 Å². The van der Waals surface area contributed by atoms with Crippen LogP contribution in [0.15, 0.2) is 12.4 Å². The van der Waals surface area contributed by atoms with Crippen LogP contribution in [-0.4, -0.2) is 25.8 Å². The fraction of sp³-hybridized carbons (Fsp3) is 0.647. The molecule has 22 heavy (non-hydrogen) atoms. The molecule has 1 atom stereocenters. The molecule has 2 N–H and O–H groups in total. The number of H-pyrrole nitrogens is 1. The van der Waals surface area contributed by atoms with Gasteiger partial charge in [-0.1, -0.05) is 13.3 Å². The molecule has 0 unspecified atom stereocenters. The molecule has 0 saturated carbocycles. The first-order valence-corrected chi connectivity index (χ1v) is 8.56. The molecule has 3 rings (SSSR count). The lowest BCUT2D eigenvalue weighted by molar-refractivity contribution is 0.464. The first kappa shape index (κ1) is 15.3. The van der Waals surface area contributed by atoms with Crippen molar-refractivity contribution in [2.75, 3.05) is 0 Å². The standard InChI is InChI=1S/C17H27N5/c1-3-17-18-9-10-22(17)12-13(2)19-11-16-14-7-5-4-6-8-15(14)20-21-16/h9-10,13,19H,3-8,11-12H2,1-2H3,(H,20,21)/t13-/m0/s1. The van der Waals surface area contributed by atoms with E-state index >= 15 is 0 Å². The van der Waals surface area contributed by atoms with Crippen LogP contribution in [0, 0.1) is 0 Å². The van der Waals surface area contributed by atoms with Crippen LogP contribution in [0.25, 0.3) is 0 Å². The highest BCUT2D eigenvalue weighted by atomic mass is 15.1. The number of nitrogens with zero attached hydrogens (tertiary/aromatic N) is 3. The van der Waals surface area contributed by atoms with Gasteiger partial charge in [-0.15, -0.1) is 0 Å². The largest absolute Gasteiger partial charge is 0.333 e. The van der Waals surface area contributed by atoms with Crippen molar-refractivity contribution in [3.63, 3.8) is 0 Å². The molecule has 5 nitrogen and oxygen atoms in total. The maximum absolute atomic E-state index is 4.54. The Bertz CT molecular complexity index is 598. The van der Waals surface area contributed by atoms with Crippen LogP contribution in [0.2, 0.25) is 0 Å². The molecular weight excluding hydrogens is 274 g/mol. The Balaban J connectivity index is 1.57. The average molecular weight is 301 g/mol. The first-order chi connectivity index (χ1) is 10.8. The van der Waals surface area contributed by atoms with Crippen LogP contribution < -0.4 is 5.32 Å². The SMILES string of the molecule is CCc1nccn1C[C@H](C)NCc1n[nH]c2c1CCCCC2. The average Bonchev–Trinajstić information content (AvgIpc) is 3.05. The minimum absolute atomic E-state index is 0.401. The Kier molecular flexibility index (Phi) is 4.93. The number of aromatic nitrogens is 4. The normalized spacial score (nSPS) is 16.3. The third-order valence-corrected chi connectivity index (χ3v) is 4.60. The van der Waals surface area contributed by atoms with Crippen LogP contribution in [0.4, 0.5) is 0 Å². The molecule has 0 bridgehead atoms. The van der Waals surface area contributed by atoms with Gasteiger partial charge < -0.3 is 9.88 Å². The molecule has 2 aromatic rings. The second-order valence-corrected chi connectivity index (χ2v) is 6.32. The van der Waals surface area contributed by atoms with Crippen LogP contribution >= 0.6 is 0 Å². The minimum Gasteiger partial charge on any atom is -0.333 e. The minimum atomic E-state index is 0.401. The van der Waals surface area contributed by atoms with E-state index in [1.807, 2.05) is 6.20 Å². The molecule has 0 radical (unpaired) electrons. The van der Waals surface area contributed by atoms with E-state index in [1.165, 1.54) is 42.6 Å². The summed E-state index contributed by atoms with van der Waals surface area (Å²) in [6.45, 7) is 6.18. The van der Waals surface area contributed by atoms with Gasteiger partial charge in [-0.2, -0.15) is 5.10 Å². The van der Waals surface area contributed by atoms with Gasteiger partial charge >= 0.3 is 0 Å². The molecule has 0 aliphatic heterocycles. The van der Waals surface area contributed by atoms with E-state index in [0.29, 0.717) is 6.04 Å². The van der Waals surface area contributed by atoms with Crippen molar-refractivity contribution >= 4 is 0 Å². The number of rotatable bonds is 6. The van der Waals surface area contributed by atoms with Gasteiger partial charge in [0.05, 0.1) is 5.69 Å². The van der Waals surface area contributed by atoms with Crippen molar-refractivity contribution < 1.29 is 0 Å². The molecule has 2 aromatic heterocycles. The summed E-state index contributed by atoms with van der Waals surface area (Å²) in [5.41, 5.74) is 4.05. The number of hydrogen-bond donors (Lipinski definition) is 2. The van der Waals surface area contributed by atoms with Gasteiger partial charge in [0.15, 0.2) is 0 Å². The predicted octanol–water partition coefficient (Wildman–Crippen LogP) is 2.62. The summed E-state index contributed by atoms with van der Waals surface area (Å²) in [7, 11) is 0. The van der Waals surface area contributed by atoms with Crippen LogP contribution in [0.1, 0.15) is 55.9 Å². The molecule has 0 amide bonds. The van der Waals surface area contributed by atoms with Crippen molar-refractivity contribution in [1.82, 2.24) is 25.1 Å². The van der Waals surface area contributed by atoms with Gasteiger partial charge in [-0.25, -0.2) is 4.98 Å². The van der Waals surface area contributed by atoms with E-state index in [1.54, 1.807) is 0 Å². The Morgan fingerprint density at radius 3 is 3.05 bits per heavy atom. The van der Waals surface area contributed by atoms with Gasteiger partial charge in [0.2, 0.25) is 0 Å². The van der Waals surface area contributed by atoms with E-state index in [-0.39, 0.29) is 0 Å². The smallest absolute Gasteiger partial charge is 0.108 e. The summed E-state index contributed by atoms with van der Waals surface area (Å²) in [6, 6.07) is 0.401. The fourth-order valence-corrected chi connectivity index (χ4v) is 3.32. The third-order valence-electron chi connectivity index (χ3n) is 4.60.